The Labute approximate surface area is 165 Å². The van der Waals surface area contributed by atoms with E-state index in [0.717, 1.165) is 61.8 Å². The summed E-state index contributed by atoms with van der Waals surface area (Å²) in [4.78, 5) is 24.9. The van der Waals surface area contributed by atoms with E-state index >= 15 is 0 Å². The summed E-state index contributed by atoms with van der Waals surface area (Å²) in [6, 6.07) is 14.3. The number of piperazine rings is 1. The molecular weight excluding hydrogens is 350 g/mol. The van der Waals surface area contributed by atoms with E-state index < -0.39 is 0 Å². The van der Waals surface area contributed by atoms with Gasteiger partial charge < -0.3 is 14.7 Å². The second kappa shape index (κ2) is 8.21. The predicted octanol–water partition coefficient (Wildman–Crippen LogP) is 3.06. The van der Waals surface area contributed by atoms with Crippen LogP contribution in [0.15, 0.2) is 54.9 Å². The summed E-state index contributed by atoms with van der Waals surface area (Å²) in [5.41, 5.74) is 1.14. The van der Waals surface area contributed by atoms with Crippen LogP contribution in [0, 0.1) is 6.92 Å². The second-order valence-corrected chi connectivity index (χ2v) is 6.73. The van der Waals surface area contributed by atoms with Crippen LogP contribution >= 0.6 is 0 Å². The Bertz CT molecular complexity index is 893. The van der Waals surface area contributed by atoms with Gasteiger partial charge in [-0.1, -0.05) is 18.2 Å². The van der Waals surface area contributed by atoms with Crippen molar-refractivity contribution in [3.05, 3.63) is 60.7 Å². The third kappa shape index (κ3) is 3.88. The van der Waals surface area contributed by atoms with E-state index in [9.17, 15) is 0 Å². The molecule has 7 nitrogen and oxygen atoms in total. The van der Waals surface area contributed by atoms with Crippen LogP contribution in [0.3, 0.4) is 0 Å². The lowest BCUT2D eigenvalue weighted by molar-refractivity contribution is 0.633. The molecule has 3 heterocycles. The molecule has 1 aliphatic heterocycles. The van der Waals surface area contributed by atoms with E-state index in [1.54, 1.807) is 12.4 Å². The maximum absolute atomic E-state index is 4.70. The first kappa shape index (κ1) is 18.2. The molecule has 2 aromatic heterocycles. The molecule has 1 aromatic carbocycles. The molecule has 144 valence electrons. The number of aromatic nitrogens is 4. The van der Waals surface area contributed by atoms with Crippen molar-refractivity contribution in [2.45, 2.75) is 13.8 Å². The van der Waals surface area contributed by atoms with Crippen LogP contribution in [0.25, 0.3) is 0 Å². The fraction of sp³-hybridized carbons (Fsp3) is 0.333. The quantitative estimate of drug-likeness (QED) is 0.679. The number of para-hydroxylation sites is 1. The number of hydrogen-bond acceptors (Lipinski definition) is 7. The summed E-state index contributed by atoms with van der Waals surface area (Å²) >= 11 is 0. The highest BCUT2D eigenvalue weighted by molar-refractivity contribution is 5.63. The first-order valence-electron chi connectivity index (χ1n) is 9.70. The zero-order valence-corrected chi connectivity index (χ0v) is 16.4. The van der Waals surface area contributed by atoms with E-state index in [1.165, 1.54) is 0 Å². The molecule has 0 aliphatic carbocycles. The molecule has 28 heavy (non-hydrogen) atoms. The van der Waals surface area contributed by atoms with E-state index in [-0.39, 0.29) is 0 Å². The fourth-order valence-electron chi connectivity index (χ4n) is 3.51. The third-order valence-corrected chi connectivity index (χ3v) is 4.91. The van der Waals surface area contributed by atoms with Gasteiger partial charge in [-0.2, -0.15) is 0 Å². The van der Waals surface area contributed by atoms with E-state index in [2.05, 4.69) is 61.9 Å². The highest BCUT2D eigenvalue weighted by Gasteiger charge is 2.21. The van der Waals surface area contributed by atoms with Gasteiger partial charge in [-0.15, -0.1) is 0 Å². The van der Waals surface area contributed by atoms with Crippen LogP contribution in [0.1, 0.15) is 12.7 Å². The summed E-state index contributed by atoms with van der Waals surface area (Å²) < 4.78 is 0. The second-order valence-electron chi connectivity index (χ2n) is 6.73. The van der Waals surface area contributed by atoms with Gasteiger partial charge in [0.05, 0.1) is 0 Å². The molecule has 1 fully saturated rings. The Morgan fingerprint density at radius 1 is 0.893 bits per heavy atom. The van der Waals surface area contributed by atoms with Gasteiger partial charge in [0, 0.05) is 56.9 Å². The van der Waals surface area contributed by atoms with E-state index in [0.29, 0.717) is 0 Å². The lowest BCUT2D eigenvalue weighted by Gasteiger charge is -2.35. The van der Waals surface area contributed by atoms with Gasteiger partial charge in [0.15, 0.2) is 0 Å². The zero-order chi connectivity index (χ0) is 19.3. The molecule has 0 unspecified atom stereocenters. The Hall–Kier alpha value is -3.22. The normalized spacial score (nSPS) is 14.2. The molecule has 0 amide bonds. The van der Waals surface area contributed by atoms with Crippen molar-refractivity contribution in [2.24, 2.45) is 0 Å². The fourth-order valence-corrected chi connectivity index (χ4v) is 3.51. The minimum Gasteiger partial charge on any atom is -0.353 e. The number of rotatable bonds is 5. The van der Waals surface area contributed by atoms with Crippen molar-refractivity contribution in [1.29, 1.82) is 0 Å². The number of aryl methyl sites for hydroxylation is 1. The predicted molar refractivity (Wildman–Crippen MR) is 112 cm³/mol. The van der Waals surface area contributed by atoms with Crippen LogP contribution < -0.4 is 14.7 Å². The minimum atomic E-state index is 0.788. The first-order chi connectivity index (χ1) is 13.7. The maximum Gasteiger partial charge on any atom is 0.225 e. The van der Waals surface area contributed by atoms with Gasteiger partial charge in [-0.05, 0) is 32.0 Å². The summed E-state index contributed by atoms with van der Waals surface area (Å²) in [5, 5.41) is 0. The summed E-state index contributed by atoms with van der Waals surface area (Å²) in [7, 11) is 0. The molecule has 0 spiro atoms. The Balaban J connectivity index is 1.53. The summed E-state index contributed by atoms with van der Waals surface area (Å²) in [5.74, 6) is 3.49. The van der Waals surface area contributed by atoms with Crippen LogP contribution in [0.2, 0.25) is 0 Å². The van der Waals surface area contributed by atoms with E-state index in [4.69, 9.17) is 9.97 Å². The van der Waals surface area contributed by atoms with Crippen molar-refractivity contribution in [2.75, 3.05) is 47.4 Å². The smallest absolute Gasteiger partial charge is 0.225 e. The molecule has 0 atom stereocenters. The number of anilines is 4. The molecule has 4 rings (SSSR count). The Kier molecular flexibility index (Phi) is 5.32. The average Bonchev–Trinajstić information content (AvgIpc) is 2.75. The highest BCUT2D eigenvalue weighted by atomic mass is 15.3. The van der Waals surface area contributed by atoms with Crippen LogP contribution in [-0.2, 0) is 0 Å². The summed E-state index contributed by atoms with van der Waals surface area (Å²) in [6.07, 6.45) is 3.58. The third-order valence-electron chi connectivity index (χ3n) is 4.91. The molecule has 0 saturated carbocycles. The zero-order valence-electron chi connectivity index (χ0n) is 16.4. The molecular formula is C21H25N7. The average molecular weight is 375 g/mol. The molecule has 0 bridgehead atoms. The molecule has 0 radical (unpaired) electrons. The van der Waals surface area contributed by atoms with Crippen LogP contribution in [-0.4, -0.2) is 52.7 Å². The molecule has 7 heteroatoms. The van der Waals surface area contributed by atoms with Crippen LogP contribution in [0.4, 0.5) is 23.3 Å². The molecule has 1 saturated heterocycles. The first-order valence-corrected chi connectivity index (χ1v) is 9.70. The monoisotopic (exact) mass is 375 g/mol. The molecule has 1 aliphatic rings. The Morgan fingerprint density at radius 2 is 1.57 bits per heavy atom. The van der Waals surface area contributed by atoms with Gasteiger partial charge in [0.2, 0.25) is 5.95 Å². The van der Waals surface area contributed by atoms with Gasteiger partial charge in [0.25, 0.3) is 0 Å². The van der Waals surface area contributed by atoms with Gasteiger partial charge in [0.1, 0.15) is 17.5 Å². The SMILES string of the molecule is CCN(c1ccccc1)c1cc(N2CCN(c3ncccn3)CC2)nc(C)n1. The Morgan fingerprint density at radius 3 is 2.25 bits per heavy atom. The summed E-state index contributed by atoms with van der Waals surface area (Å²) in [6.45, 7) is 8.45. The maximum atomic E-state index is 4.70. The highest BCUT2D eigenvalue weighted by Crippen LogP contribution is 2.26. The largest absolute Gasteiger partial charge is 0.353 e. The minimum absolute atomic E-state index is 0.788. The van der Waals surface area contributed by atoms with Gasteiger partial charge in [-0.3, -0.25) is 0 Å². The van der Waals surface area contributed by atoms with Gasteiger partial charge >= 0.3 is 0 Å². The standard InChI is InChI=1S/C21H25N7/c1-3-28(18-8-5-4-6-9-18)20-16-19(24-17(2)25-20)26-12-14-27(15-13-26)21-22-10-7-11-23-21/h4-11,16H,3,12-15H2,1-2H3. The lowest BCUT2D eigenvalue weighted by atomic mass is 10.2. The van der Waals surface area contributed by atoms with Crippen molar-refractivity contribution in [3.8, 4) is 0 Å². The van der Waals surface area contributed by atoms with Crippen molar-refractivity contribution in [3.63, 3.8) is 0 Å². The van der Waals surface area contributed by atoms with Crippen molar-refractivity contribution < 1.29 is 0 Å². The van der Waals surface area contributed by atoms with Crippen molar-refractivity contribution in [1.82, 2.24) is 19.9 Å². The van der Waals surface area contributed by atoms with Gasteiger partial charge in [-0.25, -0.2) is 19.9 Å². The molecule has 3 aromatic rings. The molecule has 0 N–H and O–H groups in total. The van der Waals surface area contributed by atoms with Crippen molar-refractivity contribution >= 4 is 23.3 Å². The number of benzene rings is 1. The van der Waals surface area contributed by atoms with E-state index in [1.807, 2.05) is 19.1 Å². The number of hydrogen-bond donors (Lipinski definition) is 0. The topological polar surface area (TPSA) is 61.3 Å². The number of nitrogens with zero attached hydrogens (tertiary/aromatic N) is 7. The van der Waals surface area contributed by atoms with Crippen LogP contribution in [0.5, 0.6) is 0 Å². The lowest BCUT2D eigenvalue weighted by Crippen LogP contribution is -2.47.